The summed E-state index contributed by atoms with van der Waals surface area (Å²) in [5.41, 5.74) is 0.402. The van der Waals surface area contributed by atoms with Crippen LogP contribution in [-0.4, -0.2) is 55.1 Å². The number of carbonyl (C=O) groups excluding carboxylic acids is 3. The first-order valence-electron chi connectivity index (χ1n) is 7.47. The summed E-state index contributed by atoms with van der Waals surface area (Å²) >= 11 is 0. The normalized spacial score (nSPS) is 10.0. The van der Waals surface area contributed by atoms with Crippen LogP contribution >= 0.6 is 0 Å². The Morgan fingerprint density at radius 2 is 1.44 bits per heavy atom. The quantitative estimate of drug-likeness (QED) is 0.456. The highest BCUT2D eigenvalue weighted by atomic mass is 16.5. The highest BCUT2D eigenvalue weighted by molar-refractivity contribution is 6.40. The maximum atomic E-state index is 11.9. The third kappa shape index (κ3) is 4.09. The molecule has 0 spiro atoms. The molecule has 0 saturated heterocycles. The number of carboxylic acid groups (broad SMARTS) is 1. The van der Waals surface area contributed by atoms with Gasteiger partial charge in [-0.25, -0.2) is 19.4 Å². The van der Waals surface area contributed by atoms with Gasteiger partial charge < -0.3 is 19.3 Å². The fraction of sp³-hybridized carbons (Fsp3) is 0.167. The van der Waals surface area contributed by atoms with Crippen LogP contribution in [0, 0.1) is 0 Å². The van der Waals surface area contributed by atoms with E-state index in [2.05, 4.69) is 14.5 Å². The Hall–Kier alpha value is -3.75. The van der Waals surface area contributed by atoms with Gasteiger partial charge in [0.05, 0.1) is 21.3 Å². The zero-order valence-electron chi connectivity index (χ0n) is 14.6. The van der Waals surface area contributed by atoms with E-state index in [9.17, 15) is 19.2 Å². The van der Waals surface area contributed by atoms with Gasteiger partial charge in [-0.2, -0.15) is 0 Å². The number of aromatic nitrogens is 1. The number of ketones is 1. The number of carbonyl (C=O) groups is 4. The van der Waals surface area contributed by atoms with Crippen molar-refractivity contribution in [1.82, 2.24) is 4.98 Å². The molecule has 1 N–H and O–H groups in total. The van der Waals surface area contributed by atoms with Crippen molar-refractivity contribution in [2.24, 2.45) is 0 Å². The summed E-state index contributed by atoms with van der Waals surface area (Å²) < 4.78 is 14.5. The molecule has 27 heavy (non-hydrogen) atoms. The van der Waals surface area contributed by atoms with Crippen molar-refractivity contribution < 1.29 is 38.5 Å². The Labute approximate surface area is 153 Å². The number of carboxylic acids is 1. The lowest BCUT2D eigenvalue weighted by Crippen LogP contribution is -2.13. The van der Waals surface area contributed by atoms with Gasteiger partial charge in [-0.05, 0) is 35.9 Å². The third-order valence-corrected chi connectivity index (χ3v) is 3.58. The number of Topliss-reactive ketones (excluding diaryl/α,β-unsaturated/α-hetero) is 1. The maximum absolute atomic E-state index is 11.9. The molecule has 2 aromatic rings. The number of hydrogen-bond acceptors (Lipinski definition) is 8. The van der Waals surface area contributed by atoms with Crippen LogP contribution in [-0.2, 0) is 14.3 Å². The van der Waals surface area contributed by atoms with E-state index in [0.717, 1.165) is 0 Å². The number of pyridine rings is 1. The van der Waals surface area contributed by atoms with Gasteiger partial charge in [0.1, 0.15) is 17.1 Å². The van der Waals surface area contributed by atoms with Gasteiger partial charge in [0.25, 0.3) is 5.78 Å². The second-order valence-corrected chi connectivity index (χ2v) is 5.16. The van der Waals surface area contributed by atoms with E-state index in [1.807, 2.05) is 0 Å². The number of aliphatic carboxylic acids is 1. The van der Waals surface area contributed by atoms with E-state index in [0.29, 0.717) is 11.1 Å². The first-order chi connectivity index (χ1) is 12.8. The molecule has 2 rings (SSSR count). The predicted molar refractivity (Wildman–Crippen MR) is 90.9 cm³/mol. The van der Waals surface area contributed by atoms with E-state index in [4.69, 9.17) is 9.84 Å². The van der Waals surface area contributed by atoms with Crippen molar-refractivity contribution in [1.29, 1.82) is 0 Å². The second-order valence-electron chi connectivity index (χ2n) is 5.16. The average Bonchev–Trinajstić information content (AvgIpc) is 2.70. The molecule has 0 bridgehead atoms. The minimum atomic E-state index is -1.60. The average molecular weight is 373 g/mol. The molecular weight excluding hydrogens is 358 g/mol. The number of benzene rings is 1. The highest BCUT2D eigenvalue weighted by Gasteiger charge is 2.20. The molecule has 0 fully saturated rings. The fourth-order valence-corrected chi connectivity index (χ4v) is 2.30. The molecule has 0 aliphatic carbocycles. The minimum Gasteiger partial charge on any atom is -0.496 e. The summed E-state index contributed by atoms with van der Waals surface area (Å²) in [5, 5.41) is 8.83. The maximum Gasteiger partial charge on any atom is 0.377 e. The van der Waals surface area contributed by atoms with Crippen LogP contribution in [0.15, 0.2) is 30.3 Å². The molecular formula is C18H15NO8. The van der Waals surface area contributed by atoms with Gasteiger partial charge in [-0.15, -0.1) is 0 Å². The molecule has 9 heteroatoms. The molecule has 0 unspecified atom stereocenters. The molecule has 9 nitrogen and oxygen atoms in total. The topological polar surface area (TPSA) is 129 Å². The van der Waals surface area contributed by atoms with Gasteiger partial charge in [0.2, 0.25) is 0 Å². The van der Waals surface area contributed by atoms with E-state index in [1.54, 1.807) is 0 Å². The van der Waals surface area contributed by atoms with Crippen LogP contribution in [0.1, 0.15) is 31.3 Å². The van der Waals surface area contributed by atoms with Crippen LogP contribution < -0.4 is 4.74 Å². The van der Waals surface area contributed by atoms with Crippen LogP contribution in [0.4, 0.5) is 0 Å². The summed E-state index contributed by atoms with van der Waals surface area (Å²) in [6.07, 6.45) is 0. The smallest absolute Gasteiger partial charge is 0.377 e. The molecule has 0 aliphatic rings. The standard InChI is InChI=1S/C18H15NO8/c1-25-14-8-9(15(20)16(21)22)4-5-11(14)10-6-12(17(23)26-2)19-13(7-10)18(24)27-3/h4-8H,1-3H3,(H,21,22). The van der Waals surface area contributed by atoms with Crippen molar-refractivity contribution >= 4 is 23.7 Å². The van der Waals surface area contributed by atoms with Crippen molar-refractivity contribution in [2.75, 3.05) is 21.3 Å². The Morgan fingerprint density at radius 3 is 1.89 bits per heavy atom. The first-order valence-corrected chi connectivity index (χ1v) is 7.47. The van der Waals surface area contributed by atoms with Gasteiger partial charge in [-0.1, -0.05) is 0 Å². The molecule has 0 saturated carbocycles. The number of esters is 2. The largest absolute Gasteiger partial charge is 0.496 e. The fourth-order valence-electron chi connectivity index (χ4n) is 2.30. The lowest BCUT2D eigenvalue weighted by Gasteiger charge is -2.12. The van der Waals surface area contributed by atoms with Crippen LogP contribution in [0.2, 0.25) is 0 Å². The summed E-state index contributed by atoms with van der Waals surface area (Å²) in [6.45, 7) is 0. The molecule has 0 amide bonds. The summed E-state index contributed by atoms with van der Waals surface area (Å²) in [5.74, 6) is -4.06. The van der Waals surface area contributed by atoms with E-state index < -0.39 is 23.7 Å². The van der Waals surface area contributed by atoms with Crippen LogP contribution in [0.5, 0.6) is 5.75 Å². The molecule has 0 radical (unpaired) electrons. The van der Waals surface area contributed by atoms with Crippen molar-refractivity contribution in [3.05, 3.63) is 47.3 Å². The van der Waals surface area contributed by atoms with E-state index >= 15 is 0 Å². The summed E-state index contributed by atoms with van der Waals surface area (Å²) in [6, 6.07) is 6.72. The van der Waals surface area contributed by atoms with Crippen LogP contribution in [0.25, 0.3) is 11.1 Å². The molecule has 0 atom stereocenters. The third-order valence-electron chi connectivity index (χ3n) is 3.58. The Kier molecular flexibility index (Phi) is 5.86. The van der Waals surface area contributed by atoms with E-state index in [1.165, 1.54) is 51.7 Å². The Bertz CT molecular complexity index is 901. The SMILES string of the molecule is COC(=O)c1cc(-c2ccc(C(=O)C(=O)O)cc2OC)cc(C(=O)OC)n1. The lowest BCUT2D eigenvalue weighted by atomic mass is 10.00. The highest BCUT2D eigenvalue weighted by Crippen LogP contribution is 2.32. The minimum absolute atomic E-state index is 0.0847. The molecule has 1 aromatic carbocycles. The Morgan fingerprint density at radius 1 is 0.889 bits per heavy atom. The van der Waals surface area contributed by atoms with Gasteiger partial charge in [0, 0.05) is 11.1 Å². The number of ether oxygens (including phenoxy) is 3. The molecule has 140 valence electrons. The van der Waals surface area contributed by atoms with Crippen molar-refractivity contribution in [3.63, 3.8) is 0 Å². The molecule has 1 heterocycles. The zero-order chi connectivity index (χ0) is 20.1. The number of hydrogen-bond donors (Lipinski definition) is 1. The number of rotatable bonds is 6. The molecule has 1 aromatic heterocycles. The van der Waals surface area contributed by atoms with E-state index in [-0.39, 0.29) is 22.7 Å². The first kappa shape index (κ1) is 19.6. The second kappa shape index (κ2) is 8.09. The number of methoxy groups -OCH3 is 3. The molecule has 0 aliphatic heterocycles. The van der Waals surface area contributed by atoms with Crippen molar-refractivity contribution in [3.8, 4) is 16.9 Å². The lowest BCUT2D eigenvalue weighted by molar-refractivity contribution is -0.131. The zero-order valence-corrected chi connectivity index (χ0v) is 14.6. The van der Waals surface area contributed by atoms with Gasteiger partial charge in [0.15, 0.2) is 0 Å². The monoisotopic (exact) mass is 373 g/mol. The summed E-state index contributed by atoms with van der Waals surface area (Å²) in [4.78, 5) is 50.1. The Balaban J connectivity index is 2.65. The summed E-state index contributed by atoms with van der Waals surface area (Å²) in [7, 11) is 3.67. The van der Waals surface area contributed by atoms with Crippen molar-refractivity contribution in [2.45, 2.75) is 0 Å². The van der Waals surface area contributed by atoms with Gasteiger partial charge in [-0.3, -0.25) is 4.79 Å². The van der Waals surface area contributed by atoms with Crippen LogP contribution in [0.3, 0.4) is 0 Å². The number of nitrogens with zero attached hydrogens (tertiary/aromatic N) is 1. The predicted octanol–water partition coefficient (Wildman–Crippen LogP) is 1.60. The van der Waals surface area contributed by atoms with Gasteiger partial charge >= 0.3 is 17.9 Å².